The summed E-state index contributed by atoms with van der Waals surface area (Å²) >= 11 is 0. The summed E-state index contributed by atoms with van der Waals surface area (Å²) in [6.07, 6.45) is 6.75. The van der Waals surface area contributed by atoms with Crippen molar-refractivity contribution in [2.75, 3.05) is 45.0 Å². The topological polar surface area (TPSA) is 69.7 Å². The van der Waals surface area contributed by atoms with Crippen molar-refractivity contribution in [3.63, 3.8) is 0 Å². The van der Waals surface area contributed by atoms with Crippen LogP contribution in [0.5, 0.6) is 0 Å². The van der Waals surface area contributed by atoms with Crippen molar-refractivity contribution in [3.8, 4) is 0 Å². The lowest BCUT2D eigenvalue weighted by molar-refractivity contribution is -0.126. The van der Waals surface area contributed by atoms with Crippen LogP contribution in [-0.2, 0) is 21.2 Å². The van der Waals surface area contributed by atoms with E-state index in [2.05, 4.69) is 40.5 Å². The van der Waals surface area contributed by atoms with Gasteiger partial charge in [0.25, 0.3) is 0 Å². The van der Waals surface area contributed by atoms with Crippen LogP contribution in [-0.4, -0.2) is 68.6 Å². The molecular weight excluding hydrogens is 410 g/mol. The number of piperidine rings is 2. The molecule has 6 nitrogen and oxygen atoms in total. The van der Waals surface area contributed by atoms with Crippen molar-refractivity contribution in [1.82, 2.24) is 14.5 Å². The molecule has 1 aromatic carbocycles. The van der Waals surface area contributed by atoms with Crippen LogP contribution in [0.4, 0.5) is 0 Å². The molecule has 1 amide bonds. The zero-order chi connectivity index (χ0) is 22.1. The van der Waals surface area contributed by atoms with Crippen LogP contribution >= 0.6 is 0 Å². The highest BCUT2D eigenvalue weighted by Crippen LogP contribution is 2.22. The highest BCUT2D eigenvalue weighted by atomic mass is 32.2. The Bertz CT molecular complexity index is 777. The largest absolute Gasteiger partial charge is 0.356 e. The second kappa shape index (κ2) is 12.0. The molecular formula is C24H39N3O3S. The number of nitrogens with zero attached hydrogens (tertiary/aromatic N) is 2. The molecule has 0 aromatic heterocycles. The maximum absolute atomic E-state index is 12.5. The van der Waals surface area contributed by atoms with Gasteiger partial charge in [0.05, 0.1) is 11.7 Å². The third kappa shape index (κ3) is 7.58. The summed E-state index contributed by atoms with van der Waals surface area (Å²) in [5, 5.41) is 3.05. The van der Waals surface area contributed by atoms with Crippen molar-refractivity contribution in [3.05, 3.63) is 35.9 Å². The minimum atomic E-state index is -3.22. The van der Waals surface area contributed by atoms with Gasteiger partial charge in [-0.2, -0.15) is 0 Å². The zero-order valence-electron chi connectivity index (χ0n) is 19.0. The Morgan fingerprint density at radius 3 is 2.55 bits per heavy atom. The molecule has 1 aromatic rings. The third-order valence-corrected chi connectivity index (χ3v) is 8.68. The number of likely N-dealkylation sites (tertiary alicyclic amines) is 1. The molecule has 31 heavy (non-hydrogen) atoms. The molecule has 1 atom stereocenters. The van der Waals surface area contributed by atoms with Gasteiger partial charge < -0.3 is 10.2 Å². The SMILES string of the molecule is CCCS(=O)(=O)N1CCCC(C(=O)NCCCN2CCC(Cc3ccccc3)CC2)C1. The second-order valence-electron chi connectivity index (χ2n) is 9.13. The number of amides is 1. The number of nitrogens with one attached hydrogen (secondary N) is 1. The first-order chi connectivity index (χ1) is 15.0. The summed E-state index contributed by atoms with van der Waals surface area (Å²) in [5.74, 6) is 0.743. The van der Waals surface area contributed by atoms with E-state index in [0.29, 0.717) is 26.1 Å². The van der Waals surface area contributed by atoms with E-state index >= 15 is 0 Å². The van der Waals surface area contributed by atoms with E-state index < -0.39 is 10.0 Å². The summed E-state index contributed by atoms with van der Waals surface area (Å²) in [6, 6.07) is 10.8. The summed E-state index contributed by atoms with van der Waals surface area (Å²) in [7, 11) is -3.22. The monoisotopic (exact) mass is 449 g/mol. The fourth-order valence-corrected chi connectivity index (χ4v) is 6.40. The Kier molecular flexibility index (Phi) is 9.35. The summed E-state index contributed by atoms with van der Waals surface area (Å²) in [5.41, 5.74) is 1.44. The van der Waals surface area contributed by atoms with E-state index in [4.69, 9.17) is 0 Å². The van der Waals surface area contributed by atoms with Gasteiger partial charge in [-0.3, -0.25) is 4.79 Å². The Labute approximate surface area is 188 Å². The first kappa shape index (κ1) is 24.2. The van der Waals surface area contributed by atoms with Gasteiger partial charge in [0.2, 0.25) is 15.9 Å². The van der Waals surface area contributed by atoms with Crippen LogP contribution in [0.15, 0.2) is 30.3 Å². The Morgan fingerprint density at radius 2 is 1.84 bits per heavy atom. The molecule has 0 saturated carbocycles. The highest BCUT2D eigenvalue weighted by molar-refractivity contribution is 7.89. The lowest BCUT2D eigenvalue weighted by Gasteiger charge is -2.32. The maximum Gasteiger partial charge on any atom is 0.224 e. The number of hydrogen-bond acceptors (Lipinski definition) is 4. The van der Waals surface area contributed by atoms with Crippen molar-refractivity contribution >= 4 is 15.9 Å². The normalized spacial score (nSPS) is 21.8. The fourth-order valence-electron chi connectivity index (χ4n) is 4.82. The molecule has 2 fully saturated rings. The molecule has 2 saturated heterocycles. The van der Waals surface area contributed by atoms with Gasteiger partial charge in [-0.25, -0.2) is 12.7 Å². The highest BCUT2D eigenvalue weighted by Gasteiger charge is 2.31. The average Bonchev–Trinajstić information content (AvgIpc) is 2.78. The van der Waals surface area contributed by atoms with Crippen LogP contribution in [0, 0.1) is 11.8 Å². The maximum atomic E-state index is 12.5. The molecule has 1 unspecified atom stereocenters. The fraction of sp³-hybridized carbons (Fsp3) is 0.708. The van der Waals surface area contributed by atoms with Gasteiger partial charge in [0.15, 0.2) is 0 Å². The van der Waals surface area contributed by atoms with E-state index in [-0.39, 0.29) is 17.6 Å². The van der Waals surface area contributed by atoms with Crippen molar-refractivity contribution in [1.29, 1.82) is 0 Å². The van der Waals surface area contributed by atoms with Crippen LogP contribution < -0.4 is 5.32 Å². The number of carbonyl (C=O) groups excluding carboxylic acids is 1. The van der Waals surface area contributed by atoms with Gasteiger partial charge in [-0.15, -0.1) is 0 Å². The quantitative estimate of drug-likeness (QED) is 0.558. The predicted octanol–water partition coefficient (Wildman–Crippen LogP) is 2.90. The van der Waals surface area contributed by atoms with Crippen molar-refractivity contribution in [2.45, 2.75) is 51.9 Å². The molecule has 7 heteroatoms. The lowest BCUT2D eigenvalue weighted by atomic mass is 9.90. The molecule has 2 heterocycles. The Hall–Kier alpha value is -1.44. The molecule has 174 valence electrons. The Balaban J connectivity index is 1.31. The average molecular weight is 450 g/mol. The van der Waals surface area contributed by atoms with Crippen LogP contribution in [0.25, 0.3) is 0 Å². The van der Waals surface area contributed by atoms with Gasteiger partial charge in [0.1, 0.15) is 0 Å². The van der Waals surface area contributed by atoms with Crippen molar-refractivity contribution in [2.24, 2.45) is 11.8 Å². The van der Waals surface area contributed by atoms with Crippen molar-refractivity contribution < 1.29 is 13.2 Å². The lowest BCUT2D eigenvalue weighted by Crippen LogP contribution is -2.46. The molecule has 2 aliphatic rings. The van der Waals surface area contributed by atoms with E-state index in [1.807, 2.05) is 6.92 Å². The van der Waals surface area contributed by atoms with E-state index in [0.717, 1.165) is 44.8 Å². The standard InChI is InChI=1S/C24H39N3O3S/c1-2-18-31(29,30)27-15-6-10-23(20-27)24(28)25-13-7-14-26-16-11-22(12-17-26)19-21-8-4-3-5-9-21/h3-5,8-9,22-23H,2,6-7,10-20H2,1H3,(H,25,28). The number of carbonyl (C=O) groups is 1. The smallest absolute Gasteiger partial charge is 0.224 e. The van der Waals surface area contributed by atoms with E-state index in [1.54, 1.807) is 0 Å². The molecule has 0 radical (unpaired) electrons. The summed E-state index contributed by atoms with van der Waals surface area (Å²) < 4.78 is 26.1. The third-order valence-electron chi connectivity index (χ3n) is 6.64. The molecule has 3 rings (SSSR count). The second-order valence-corrected chi connectivity index (χ2v) is 11.2. The predicted molar refractivity (Wildman–Crippen MR) is 125 cm³/mol. The number of sulfonamides is 1. The molecule has 0 aliphatic carbocycles. The van der Waals surface area contributed by atoms with Crippen LogP contribution in [0.2, 0.25) is 0 Å². The molecule has 1 N–H and O–H groups in total. The van der Waals surface area contributed by atoms with Gasteiger partial charge in [0, 0.05) is 19.6 Å². The number of benzene rings is 1. The Morgan fingerprint density at radius 1 is 1.10 bits per heavy atom. The minimum absolute atomic E-state index is 0.0120. The summed E-state index contributed by atoms with van der Waals surface area (Å²) in [6.45, 7) is 6.71. The zero-order valence-corrected chi connectivity index (χ0v) is 19.8. The summed E-state index contributed by atoms with van der Waals surface area (Å²) in [4.78, 5) is 15.1. The van der Waals surface area contributed by atoms with Crippen LogP contribution in [0.1, 0.15) is 51.0 Å². The first-order valence-corrected chi connectivity index (χ1v) is 13.6. The molecule has 2 aliphatic heterocycles. The number of rotatable bonds is 10. The van der Waals surface area contributed by atoms with Gasteiger partial charge in [-0.05, 0) is 76.1 Å². The van der Waals surface area contributed by atoms with Gasteiger partial charge >= 0.3 is 0 Å². The van der Waals surface area contributed by atoms with Crippen LogP contribution in [0.3, 0.4) is 0 Å². The molecule has 0 spiro atoms. The number of hydrogen-bond donors (Lipinski definition) is 1. The van der Waals surface area contributed by atoms with E-state index in [9.17, 15) is 13.2 Å². The molecule has 0 bridgehead atoms. The first-order valence-electron chi connectivity index (χ1n) is 12.0. The minimum Gasteiger partial charge on any atom is -0.356 e. The van der Waals surface area contributed by atoms with Gasteiger partial charge in [-0.1, -0.05) is 37.3 Å². The van der Waals surface area contributed by atoms with E-state index in [1.165, 1.54) is 29.1 Å².